The van der Waals surface area contributed by atoms with Gasteiger partial charge in [-0.1, -0.05) is 220 Å². The van der Waals surface area contributed by atoms with E-state index in [0.717, 1.165) is 89.9 Å². The Morgan fingerprint density at radius 2 is 0.875 bits per heavy atom. The molecular weight excluding hydrogens is 791 g/mol. The number of rotatable bonds is 45. The molecule has 3 N–H and O–H groups in total. The topological polar surface area (TPSA) is 95.9 Å². The van der Waals surface area contributed by atoms with Crippen molar-refractivity contribution >= 4 is 11.9 Å². The van der Waals surface area contributed by atoms with Crippen molar-refractivity contribution in [2.45, 2.75) is 238 Å². The van der Waals surface area contributed by atoms with E-state index < -0.39 is 18.2 Å². The number of aliphatic hydroxyl groups is 2. The van der Waals surface area contributed by atoms with Crippen LogP contribution in [0.4, 0.5) is 0 Å². The molecule has 0 aromatic carbocycles. The number of allylic oxidation sites excluding steroid dienone is 17. The molecule has 0 aliphatic carbocycles. The molecule has 0 aliphatic rings. The molecule has 0 radical (unpaired) electrons. The van der Waals surface area contributed by atoms with Crippen molar-refractivity contribution in [3.63, 3.8) is 0 Å². The van der Waals surface area contributed by atoms with E-state index in [1.807, 2.05) is 6.08 Å². The van der Waals surface area contributed by atoms with Gasteiger partial charge < -0.3 is 20.3 Å². The number of unbranched alkanes of at least 4 members (excludes halogenated alkanes) is 17. The molecule has 3 unspecified atom stereocenters. The number of esters is 1. The highest BCUT2D eigenvalue weighted by Crippen LogP contribution is 2.15. The van der Waals surface area contributed by atoms with Gasteiger partial charge in [0.1, 0.15) is 6.10 Å². The lowest BCUT2D eigenvalue weighted by Gasteiger charge is -2.23. The third-order valence-corrected chi connectivity index (χ3v) is 11.1. The monoisotopic (exact) mass is 888 g/mol. The number of carbonyl (C=O) groups excluding carboxylic acids is 2. The van der Waals surface area contributed by atoms with Crippen LogP contribution in [0, 0.1) is 0 Å². The Morgan fingerprint density at radius 3 is 1.34 bits per heavy atom. The van der Waals surface area contributed by atoms with Crippen LogP contribution in [0.3, 0.4) is 0 Å². The molecule has 1 amide bonds. The molecule has 0 aromatic rings. The third-order valence-electron chi connectivity index (χ3n) is 11.1. The molecule has 0 spiro atoms. The highest BCUT2D eigenvalue weighted by Gasteiger charge is 2.23. The lowest BCUT2D eigenvalue weighted by atomic mass is 10.0. The molecule has 6 nitrogen and oxygen atoms in total. The summed E-state index contributed by atoms with van der Waals surface area (Å²) in [5.74, 6) is -0.674. The predicted octanol–water partition coefficient (Wildman–Crippen LogP) is 15.9. The third kappa shape index (κ3) is 45.1. The first-order valence-electron chi connectivity index (χ1n) is 26.1. The largest absolute Gasteiger partial charge is 0.458 e. The molecule has 0 heterocycles. The van der Waals surface area contributed by atoms with Crippen LogP contribution in [-0.2, 0) is 14.3 Å². The van der Waals surface area contributed by atoms with E-state index in [1.165, 1.54) is 83.5 Å². The molecule has 0 bridgehead atoms. The van der Waals surface area contributed by atoms with E-state index in [9.17, 15) is 19.8 Å². The molecule has 6 heteroatoms. The number of nitrogens with one attached hydrogen (secondary N) is 1. The van der Waals surface area contributed by atoms with Gasteiger partial charge in [-0.05, 0) is 96.0 Å². The van der Waals surface area contributed by atoms with E-state index in [4.69, 9.17) is 4.74 Å². The number of hydrogen-bond acceptors (Lipinski definition) is 5. The van der Waals surface area contributed by atoms with Crippen LogP contribution in [0.1, 0.15) is 220 Å². The second-order valence-corrected chi connectivity index (χ2v) is 17.2. The minimum atomic E-state index is -0.831. The Bertz CT molecular complexity index is 1320. The maximum atomic E-state index is 13.2. The van der Waals surface area contributed by atoms with Crippen LogP contribution in [0.15, 0.2) is 109 Å². The van der Waals surface area contributed by atoms with Crippen molar-refractivity contribution < 1.29 is 24.5 Å². The van der Waals surface area contributed by atoms with Gasteiger partial charge in [0.05, 0.1) is 25.2 Å². The van der Waals surface area contributed by atoms with Gasteiger partial charge in [-0.3, -0.25) is 9.59 Å². The van der Waals surface area contributed by atoms with E-state index in [2.05, 4.69) is 123 Å². The first-order valence-corrected chi connectivity index (χ1v) is 26.1. The molecule has 0 saturated heterocycles. The van der Waals surface area contributed by atoms with E-state index >= 15 is 0 Å². The molecule has 3 atom stereocenters. The lowest BCUT2D eigenvalue weighted by Crippen LogP contribution is -2.46. The molecule has 0 saturated carbocycles. The van der Waals surface area contributed by atoms with Crippen LogP contribution >= 0.6 is 0 Å². The molecular formula is C58H97NO5. The molecule has 0 aliphatic heterocycles. The lowest BCUT2D eigenvalue weighted by molar-refractivity contribution is -0.148. The van der Waals surface area contributed by atoms with E-state index in [-0.39, 0.29) is 24.9 Å². The van der Waals surface area contributed by atoms with Gasteiger partial charge in [0.15, 0.2) is 0 Å². The zero-order chi connectivity index (χ0) is 46.7. The first kappa shape index (κ1) is 60.5. The number of aliphatic hydroxyl groups excluding tert-OH is 2. The summed E-state index contributed by atoms with van der Waals surface area (Å²) in [5, 5.41) is 23.7. The predicted molar refractivity (Wildman–Crippen MR) is 277 cm³/mol. The normalized spacial score (nSPS) is 14.1. The SMILES string of the molecule is CC/C=C/C/C=C/C/C=C/C/C=C/C/C=C/C(CC(=O)NC(CO)C(O)CCCCCCCCCCCCCC)OC(=O)CCCCC/C=C\C/C=C\C/C=C\C/C=C\CCCCC. The highest BCUT2D eigenvalue weighted by atomic mass is 16.5. The number of amides is 1. The average molecular weight is 888 g/mol. The van der Waals surface area contributed by atoms with Crippen LogP contribution in [0.25, 0.3) is 0 Å². The van der Waals surface area contributed by atoms with Gasteiger partial charge >= 0.3 is 5.97 Å². The minimum Gasteiger partial charge on any atom is -0.458 e. The zero-order valence-electron chi connectivity index (χ0n) is 41.4. The minimum absolute atomic E-state index is 0.0651. The summed E-state index contributed by atoms with van der Waals surface area (Å²) in [6.07, 6.45) is 68.9. The molecule has 0 rings (SSSR count). The Kier molecular flexibility index (Phi) is 47.8. The number of carbonyl (C=O) groups is 2. The maximum Gasteiger partial charge on any atom is 0.306 e. The summed E-state index contributed by atoms with van der Waals surface area (Å²) in [5.41, 5.74) is 0. The van der Waals surface area contributed by atoms with Gasteiger partial charge in [0.2, 0.25) is 5.91 Å². The quantitative estimate of drug-likeness (QED) is 0.0322. The van der Waals surface area contributed by atoms with Crippen molar-refractivity contribution in [1.82, 2.24) is 5.32 Å². The molecule has 364 valence electrons. The van der Waals surface area contributed by atoms with Gasteiger partial charge in [-0.2, -0.15) is 0 Å². The highest BCUT2D eigenvalue weighted by molar-refractivity contribution is 5.78. The standard InChI is InChI=1S/C58H97NO5/c1-4-7-10-13-16-19-22-25-27-28-29-30-31-33-36-39-42-45-48-51-58(63)64-54(49-46-43-40-37-34-32-26-23-20-17-14-11-8-5-2)52-57(62)59-55(53-60)56(61)50-47-44-41-38-35-24-21-18-15-12-9-6-3/h8,11,16-17,19-20,25-27,29-30,32-33,36-37,40,46,49,54-56,60-61H,4-7,9-10,12-15,18,21-24,28,31,34-35,38-39,41-45,47-48,50-53H2,1-3H3,(H,59,62)/b11-8+,19-16-,20-17+,27-25-,30-29-,32-26+,36-33-,40-37+,49-46+. The number of ether oxygens (including phenoxy) is 1. The van der Waals surface area contributed by atoms with Crippen molar-refractivity contribution in [3.8, 4) is 0 Å². The second kappa shape index (κ2) is 50.5. The van der Waals surface area contributed by atoms with Gasteiger partial charge in [-0.25, -0.2) is 0 Å². The molecule has 0 fully saturated rings. The Labute approximate surface area is 394 Å². The zero-order valence-corrected chi connectivity index (χ0v) is 41.4. The first-order chi connectivity index (χ1) is 31.5. The summed E-state index contributed by atoms with van der Waals surface area (Å²) in [6, 6.07) is -0.755. The smallest absolute Gasteiger partial charge is 0.306 e. The van der Waals surface area contributed by atoms with Crippen LogP contribution in [0.5, 0.6) is 0 Å². The van der Waals surface area contributed by atoms with E-state index in [1.54, 1.807) is 6.08 Å². The van der Waals surface area contributed by atoms with Crippen LogP contribution in [-0.4, -0.2) is 46.9 Å². The fourth-order valence-corrected chi connectivity index (χ4v) is 7.14. The van der Waals surface area contributed by atoms with Crippen molar-refractivity contribution in [2.75, 3.05) is 6.61 Å². The number of hydrogen-bond donors (Lipinski definition) is 3. The van der Waals surface area contributed by atoms with Crippen LogP contribution in [0.2, 0.25) is 0 Å². The Hall–Kier alpha value is -3.48. The maximum absolute atomic E-state index is 13.2. The summed E-state index contributed by atoms with van der Waals surface area (Å²) in [7, 11) is 0. The summed E-state index contributed by atoms with van der Waals surface area (Å²) >= 11 is 0. The van der Waals surface area contributed by atoms with Gasteiger partial charge in [-0.15, -0.1) is 0 Å². The summed E-state index contributed by atoms with van der Waals surface area (Å²) in [6.45, 7) is 6.28. The van der Waals surface area contributed by atoms with E-state index in [0.29, 0.717) is 19.3 Å². The fraction of sp³-hybridized carbons (Fsp3) is 0.655. The fourth-order valence-electron chi connectivity index (χ4n) is 7.14. The molecule has 64 heavy (non-hydrogen) atoms. The van der Waals surface area contributed by atoms with Crippen molar-refractivity contribution in [2.24, 2.45) is 0 Å². The Balaban J connectivity index is 4.79. The van der Waals surface area contributed by atoms with Crippen LogP contribution < -0.4 is 5.32 Å². The Morgan fingerprint density at radius 1 is 0.484 bits per heavy atom. The molecule has 0 aromatic heterocycles. The summed E-state index contributed by atoms with van der Waals surface area (Å²) in [4.78, 5) is 26.1. The second-order valence-electron chi connectivity index (χ2n) is 17.2. The van der Waals surface area contributed by atoms with Gasteiger partial charge in [0.25, 0.3) is 0 Å². The summed E-state index contributed by atoms with van der Waals surface area (Å²) < 4.78 is 5.81. The average Bonchev–Trinajstić information content (AvgIpc) is 3.29. The van der Waals surface area contributed by atoms with Crippen molar-refractivity contribution in [3.05, 3.63) is 109 Å². The van der Waals surface area contributed by atoms with Crippen molar-refractivity contribution in [1.29, 1.82) is 0 Å². The van der Waals surface area contributed by atoms with Gasteiger partial charge in [0, 0.05) is 6.42 Å².